The van der Waals surface area contributed by atoms with Crippen molar-refractivity contribution in [2.45, 2.75) is 24.4 Å². The van der Waals surface area contributed by atoms with Crippen molar-refractivity contribution in [2.24, 2.45) is 0 Å². The van der Waals surface area contributed by atoms with Gasteiger partial charge in [-0.1, -0.05) is 6.07 Å². The fourth-order valence-corrected chi connectivity index (χ4v) is 3.64. The standard InChI is InChI=1S/C19H24N2O6S/c1-13(21-28(23,24)16-8-6-15(25-2)7-9-16)19(22)20-12-14-5-10-17(26-3)18(11-14)27-4/h5-11,13,21H,12H2,1-4H3,(H,20,22)/t13-/m0/s1. The van der Waals surface area contributed by atoms with Gasteiger partial charge in [-0.25, -0.2) is 8.42 Å². The minimum Gasteiger partial charge on any atom is -0.497 e. The molecule has 9 heteroatoms. The van der Waals surface area contributed by atoms with E-state index >= 15 is 0 Å². The van der Waals surface area contributed by atoms with Crippen molar-refractivity contribution < 1.29 is 27.4 Å². The molecule has 0 fully saturated rings. The van der Waals surface area contributed by atoms with Crippen molar-refractivity contribution in [3.8, 4) is 17.2 Å². The van der Waals surface area contributed by atoms with Crippen LogP contribution in [-0.4, -0.2) is 41.7 Å². The Morgan fingerprint density at radius 1 is 0.964 bits per heavy atom. The van der Waals surface area contributed by atoms with E-state index in [0.29, 0.717) is 17.2 Å². The number of benzene rings is 2. The SMILES string of the molecule is COc1ccc(S(=O)(=O)N[C@@H](C)C(=O)NCc2ccc(OC)c(OC)c2)cc1. The van der Waals surface area contributed by atoms with Crippen LogP contribution in [0.1, 0.15) is 12.5 Å². The van der Waals surface area contributed by atoms with Crippen LogP contribution in [0.15, 0.2) is 47.4 Å². The Hall–Kier alpha value is -2.78. The molecule has 0 saturated heterocycles. The van der Waals surface area contributed by atoms with E-state index in [0.717, 1.165) is 5.56 Å². The quantitative estimate of drug-likeness (QED) is 0.655. The molecule has 2 rings (SSSR count). The molecule has 0 aromatic heterocycles. The number of hydrogen-bond donors (Lipinski definition) is 2. The molecule has 0 aliphatic carbocycles. The van der Waals surface area contributed by atoms with Gasteiger partial charge in [-0.3, -0.25) is 4.79 Å². The summed E-state index contributed by atoms with van der Waals surface area (Å²) in [5.41, 5.74) is 0.788. The Morgan fingerprint density at radius 2 is 1.61 bits per heavy atom. The molecule has 0 aliphatic heterocycles. The lowest BCUT2D eigenvalue weighted by molar-refractivity contribution is -0.122. The first-order chi connectivity index (χ1) is 13.3. The van der Waals surface area contributed by atoms with Gasteiger partial charge in [-0.2, -0.15) is 4.72 Å². The Kier molecular flexibility index (Phi) is 7.24. The largest absolute Gasteiger partial charge is 0.497 e. The average molecular weight is 408 g/mol. The maximum Gasteiger partial charge on any atom is 0.241 e. The number of ether oxygens (including phenoxy) is 3. The number of sulfonamides is 1. The molecule has 28 heavy (non-hydrogen) atoms. The van der Waals surface area contributed by atoms with Crippen molar-refractivity contribution in [2.75, 3.05) is 21.3 Å². The fraction of sp³-hybridized carbons (Fsp3) is 0.316. The Labute approximate surface area is 164 Å². The maximum atomic E-state index is 12.4. The predicted molar refractivity (Wildman–Crippen MR) is 104 cm³/mol. The third-order valence-electron chi connectivity index (χ3n) is 4.01. The summed E-state index contributed by atoms with van der Waals surface area (Å²) < 4.78 is 42.6. The number of carbonyl (C=O) groups excluding carboxylic acids is 1. The number of carbonyl (C=O) groups is 1. The van der Waals surface area contributed by atoms with Gasteiger partial charge in [0.1, 0.15) is 5.75 Å². The third kappa shape index (κ3) is 5.37. The Morgan fingerprint density at radius 3 is 2.18 bits per heavy atom. The zero-order chi connectivity index (χ0) is 20.7. The minimum absolute atomic E-state index is 0.0489. The van der Waals surface area contributed by atoms with Crippen LogP contribution < -0.4 is 24.2 Å². The van der Waals surface area contributed by atoms with Crippen molar-refractivity contribution >= 4 is 15.9 Å². The molecule has 0 saturated carbocycles. The summed E-state index contributed by atoms with van der Waals surface area (Å²) in [5.74, 6) is 1.22. The smallest absolute Gasteiger partial charge is 0.241 e. The second-order valence-corrected chi connectivity index (χ2v) is 7.64. The molecule has 0 spiro atoms. The first kappa shape index (κ1) is 21.5. The molecular weight excluding hydrogens is 384 g/mol. The summed E-state index contributed by atoms with van der Waals surface area (Å²) in [6.07, 6.45) is 0. The van der Waals surface area contributed by atoms with Crippen LogP contribution in [-0.2, 0) is 21.4 Å². The first-order valence-electron chi connectivity index (χ1n) is 8.45. The van der Waals surface area contributed by atoms with Crippen LogP contribution in [0.25, 0.3) is 0 Å². The lowest BCUT2D eigenvalue weighted by Crippen LogP contribution is -2.44. The van der Waals surface area contributed by atoms with Gasteiger partial charge in [0.2, 0.25) is 15.9 Å². The lowest BCUT2D eigenvalue weighted by Gasteiger charge is -2.15. The van der Waals surface area contributed by atoms with E-state index in [1.54, 1.807) is 18.2 Å². The van der Waals surface area contributed by atoms with E-state index in [2.05, 4.69) is 10.0 Å². The van der Waals surface area contributed by atoms with E-state index in [4.69, 9.17) is 14.2 Å². The van der Waals surface area contributed by atoms with E-state index in [1.807, 2.05) is 0 Å². The van der Waals surface area contributed by atoms with Gasteiger partial charge in [0, 0.05) is 6.54 Å². The number of nitrogens with one attached hydrogen (secondary N) is 2. The first-order valence-corrected chi connectivity index (χ1v) is 9.94. The fourth-order valence-electron chi connectivity index (χ4n) is 2.44. The van der Waals surface area contributed by atoms with E-state index in [-0.39, 0.29) is 11.4 Å². The molecule has 152 valence electrons. The number of amides is 1. The second-order valence-electron chi connectivity index (χ2n) is 5.93. The average Bonchev–Trinajstić information content (AvgIpc) is 2.71. The van der Waals surface area contributed by atoms with Crippen LogP contribution in [0.2, 0.25) is 0 Å². The Bertz CT molecular complexity index is 913. The zero-order valence-electron chi connectivity index (χ0n) is 16.2. The predicted octanol–water partition coefficient (Wildman–Crippen LogP) is 1.70. The molecule has 0 heterocycles. The molecule has 2 N–H and O–H groups in total. The van der Waals surface area contributed by atoms with Crippen LogP contribution in [0.4, 0.5) is 0 Å². The summed E-state index contributed by atoms with van der Waals surface area (Å²) in [4.78, 5) is 12.3. The molecule has 0 radical (unpaired) electrons. The van der Waals surface area contributed by atoms with Gasteiger partial charge >= 0.3 is 0 Å². The highest BCUT2D eigenvalue weighted by Crippen LogP contribution is 2.27. The summed E-state index contributed by atoms with van der Waals surface area (Å²) in [5, 5.41) is 2.70. The van der Waals surface area contributed by atoms with Gasteiger partial charge in [0.25, 0.3) is 0 Å². The van der Waals surface area contributed by atoms with Gasteiger partial charge in [-0.15, -0.1) is 0 Å². The van der Waals surface area contributed by atoms with E-state index in [1.165, 1.54) is 52.5 Å². The van der Waals surface area contributed by atoms with E-state index < -0.39 is 22.0 Å². The summed E-state index contributed by atoms with van der Waals surface area (Å²) in [6.45, 7) is 1.69. The highest BCUT2D eigenvalue weighted by Gasteiger charge is 2.22. The van der Waals surface area contributed by atoms with E-state index in [9.17, 15) is 13.2 Å². The molecule has 2 aromatic rings. The topological polar surface area (TPSA) is 103 Å². The number of methoxy groups -OCH3 is 3. The molecule has 1 atom stereocenters. The normalized spacial score (nSPS) is 12.1. The van der Waals surface area contributed by atoms with Crippen LogP contribution in [0, 0.1) is 0 Å². The molecule has 0 bridgehead atoms. The molecule has 8 nitrogen and oxygen atoms in total. The van der Waals surface area contributed by atoms with Crippen molar-refractivity contribution in [1.29, 1.82) is 0 Å². The number of hydrogen-bond acceptors (Lipinski definition) is 6. The van der Waals surface area contributed by atoms with Crippen LogP contribution in [0.5, 0.6) is 17.2 Å². The molecule has 1 amide bonds. The van der Waals surface area contributed by atoms with Crippen LogP contribution >= 0.6 is 0 Å². The monoisotopic (exact) mass is 408 g/mol. The highest BCUT2D eigenvalue weighted by molar-refractivity contribution is 7.89. The lowest BCUT2D eigenvalue weighted by atomic mass is 10.2. The molecule has 2 aromatic carbocycles. The second kappa shape index (κ2) is 9.43. The highest BCUT2D eigenvalue weighted by atomic mass is 32.2. The number of rotatable bonds is 9. The molecular formula is C19H24N2O6S. The van der Waals surface area contributed by atoms with Gasteiger partial charge < -0.3 is 19.5 Å². The van der Waals surface area contributed by atoms with Gasteiger partial charge in [-0.05, 0) is 48.9 Å². The van der Waals surface area contributed by atoms with Crippen LogP contribution in [0.3, 0.4) is 0 Å². The molecule has 0 unspecified atom stereocenters. The summed E-state index contributed by atoms with van der Waals surface area (Å²) >= 11 is 0. The van der Waals surface area contributed by atoms with Crippen molar-refractivity contribution in [3.05, 3.63) is 48.0 Å². The maximum absolute atomic E-state index is 12.4. The summed E-state index contributed by atoms with van der Waals surface area (Å²) in [6, 6.07) is 10.2. The van der Waals surface area contributed by atoms with Gasteiger partial charge in [0.05, 0.1) is 32.3 Å². The van der Waals surface area contributed by atoms with Gasteiger partial charge in [0.15, 0.2) is 11.5 Å². The third-order valence-corrected chi connectivity index (χ3v) is 5.57. The van der Waals surface area contributed by atoms with Crippen molar-refractivity contribution in [1.82, 2.24) is 10.0 Å². The zero-order valence-corrected chi connectivity index (χ0v) is 17.0. The Balaban J connectivity index is 1.98. The minimum atomic E-state index is -3.84. The van der Waals surface area contributed by atoms with Crippen molar-refractivity contribution in [3.63, 3.8) is 0 Å². The molecule has 0 aliphatic rings. The summed E-state index contributed by atoms with van der Waals surface area (Å²) in [7, 11) is 0.719.